The Bertz CT molecular complexity index is 733. The Morgan fingerprint density at radius 2 is 2.00 bits per heavy atom. The summed E-state index contributed by atoms with van der Waals surface area (Å²) >= 11 is 1.16. The highest BCUT2D eigenvalue weighted by atomic mass is 32.1. The number of hydrogen-bond donors (Lipinski definition) is 1. The Balaban J connectivity index is 2.20. The van der Waals surface area contributed by atoms with Crippen molar-refractivity contribution >= 4 is 23.4 Å². The highest BCUT2D eigenvalue weighted by molar-refractivity contribution is 7.05. The van der Waals surface area contributed by atoms with Gasteiger partial charge in [0.15, 0.2) is 11.6 Å². The molecule has 122 valence electrons. The molecule has 1 amide bonds. The predicted molar refractivity (Wildman–Crippen MR) is 80.2 cm³/mol. The Labute approximate surface area is 135 Å². The lowest BCUT2D eigenvalue weighted by molar-refractivity contribution is -0.137. The topological polar surface area (TPSA) is 70.5 Å². The maximum atomic E-state index is 13.3. The normalized spacial score (nSPS) is 10.6. The van der Waals surface area contributed by atoms with Crippen LogP contribution in [0.4, 0.5) is 8.78 Å². The van der Waals surface area contributed by atoms with Crippen LogP contribution in [0, 0.1) is 18.6 Å². The van der Waals surface area contributed by atoms with Gasteiger partial charge >= 0.3 is 5.97 Å². The number of carbonyl (C=O) groups excluding carboxylic acids is 1. The zero-order valence-corrected chi connectivity index (χ0v) is 13.1. The quantitative estimate of drug-likeness (QED) is 0.878. The van der Waals surface area contributed by atoms with Crippen LogP contribution in [-0.4, -0.2) is 32.8 Å². The maximum absolute atomic E-state index is 13.3. The monoisotopic (exact) mass is 340 g/mol. The van der Waals surface area contributed by atoms with Crippen LogP contribution >= 0.6 is 11.5 Å². The number of carboxylic acids is 1. The summed E-state index contributed by atoms with van der Waals surface area (Å²) in [6, 6.07) is 4.91. The van der Waals surface area contributed by atoms with Gasteiger partial charge < -0.3 is 10.0 Å². The summed E-state index contributed by atoms with van der Waals surface area (Å²) < 4.78 is 30.3. The molecule has 2 rings (SSSR count). The zero-order chi connectivity index (χ0) is 17.0. The minimum atomic E-state index is -1.05. The molecule has 5 nitrogen and oxygen atoms in total. The first-order valence-electron chi connectivity index (χ1n) is 6.75. The summed E-state index contributed by atoms with van der Waals surface area (Å²) in [5.41, 5.74) is 0.579. The average Bonchev–Trinajstić information content (AvgIpc) is 2.92. The lowest BCUT2D eigenvalue weighted by Gasteiger charge is -2.21. The van der Waals surface area contributed by atoms with E-state index in [-0.39, 0.29) is 25.2 Å². The number of aliphatic carboxylic acids is 1. The van der Waals surface area contributed by atoms with Crippen molar-refractivity contribution in [3.8, 4) is 0 Å². The molecule has 0 spiro atoms. The smallest absolute Gasteiger partial charge is 0.305 e. The van der Waals surface area contributed by atoms with Crippen molar-refractivity contribution in [3.63, 3.8) is 0 Å². The van der Waals surface area contributed by atoms with Crippen LogP contribution in [-0.2, 0) is 11.3 Å². The number of hydrogen-bond acceptors (Lipinski definition) is 4. The van der Waals surface area contributed by atoms with Gasteiger partial charge in [0.05, 0.1) is 6.42 Å². The Morgan fingerprint density at radius 3 is 2.57 bits per heavy atom. The second-order valence-electron chi connectivity index (χ2n) is 4.94. The molecule has 1 aromatic heterocycles. The molecule has 0 atom stereocenters. The van der Waals surface area contributed by atoms with Gasteiger partial charge in [-0.2, -0.15) is 4.37 Å². The number of carboxylic acid groups (broad SMARTS) is 1. The van der Waals surface area contributed by atoms with Crippen LogP contribution in [0.5, 0.6) is 0 Å². The van der Waals surface area contributed by atoms with Gasteiger partial charge in [0, 0.05) is 18.0 Å². The molecule has 8 heteroatoms. The van der Waals surface area contributed by atoms with E-state index in [1.165, 1.54) is 11.0 Å². The molecule has 2 aromatic rings. The van der Waals surface area contributed by atoms with E-state index < -0.39 is 23.5 Å². The first-order valence-corrected chi connectivity index (χ1v) is 7.52. The molecule has 0 aliphatic rings. The van der Waals surface area contributed by atoms with E-state index >= 15 is 0 Å². The molecule has 1 aromatic carbocycles. The van der Waals surface area contributed by atoms with Crippen molar-refractivity contribution < 1.29 is 23.5 Å². The van der Waals surface area contributed by atoms with Gasteiger partial charge in [-0.3, -0.25) is 9.59 Å². The molecule has 0 fully saturated rings. The van der Waals surface area contributed by atoms with E-state index in [0.29, 0.717) is 5.56 Å². The summed E-state index contributed by atoms with van der Waals surface area (Å²) in [7, 11) is 0. The van der Waals surface area contributed by atoms with Crippen LogP contribution in [0.25, 0.3) is 0 Å². The number of aryl methyl sites for hydroxylation is 1. The number of rotatable bonds is 6. The standard InChI is InChI=1S/C15H14F2N2O3S/c1-9-6-13(18-23-9)15(22)19(5-4-14(20)21)8-10-2-3-11(16)12(17)7-10/h2-3,6-7H,4-5,8H2,1H3,(H,20,21). The third-order valence-corrected chi connectivity index (χ3v) is 3.78. The highest BCUT2D eigenvalue weighted by Gasteiger charge is 2.20. The van der Waals surface area contributed by atoms with Gasteiger partial charge in [-0.1, -0.05) is 6.07 Å². The van der Waals surface area contributed by atoms with Crippen LogP contribution in [0.1, 0.15) is 27.3 Å². The molecule has 0 unspecified atom stereocenters. The number of amides is 1. The fraction of sp³-hybridized carbons (Fsp3) is 0.267. The SMILES string of the molecule is Cc1cc(C(=O)N(CCC(=O)O)Cc2ccc(F)c(F)c2)ns1. The molecule has 0 aliphatic heterocycles. The first kappa shape index (κ1) is 17.0. The Kier molecular flexibility index (Phi) is 5.38. The van der Waals surface area contributed by atoms with E-state index in [9.17, 15) is 18.4 Å². The number of aromatic nitrogens is 1. The fourth-order valence-corrected chi connectivity index (χ4v) is 2.51. The molecule has 0 radical (unpaired) electrons. The van der Waals surface area contributed by atoms with Gasteiger partial charge in [0.2, 0.25) is 0 Å². The molecule has 1 N–H and O–H groups in total. The largest absolute Gasteiger partial charge is 0.481 e. The van der Waals surface area contributed by atoms with Crippen molar-refractivity contribution in [1.82, 2.24) is 9.27 Å². The van der Waals surface area contributed by atoms with Crippen LogP contribution in [0.2, 0.25) is 0 Å². The van der Waals surface area contributed by atoms with Crippen LogP contribution in [0.3, 0.4) is 0 Å². The van der Waals surface area contributed by atoms with E-state index in [4.69, 9.17) is 5.11 Å². The number of carbonyl (C=O) groups is 2. The Hall–Kier alpha value is -2.35. The lowest BCUT2D eigenvalue weighted by Crippen LogP contribution is -2.32. The van der Waals surface area contributed by atoms with E-state index in [1.54, 1.807) is 13.0 Å². The fourth-order valence-electron chi connectivity index (χ4n) is 1.97. The van der Waals surface area contributed by atoms with Crippen LogP contribution < -0.4 is 0 Å². The summed E-state index contributed by atoms with van der Waals surface area (Å²) in [6.07, 6.45) is -0.251. The number of halogens is 2. The molecule has 0 saturated heterocycles. The molecule has 0 saturated carbocycles. The van der Waals surface area contributed by atoms with Gasteiger partial charge in [-0.15, -0.1) is 0 Å². The van der Waals surface area contributed by atoms with E-state index in [1.807, 2.05) is 0 Å². The lowest BCUT2D eigenvalue weighted by atomic mass is 10.2. The zero-order valence-electron chi connectivity index (χ0n) is 12.3. The van der Waals surface area contributed by atoms with Crippen molar-refractivity contribution in [2.24, 2.45) is 0 Å². The molecule has 0 bridgehead atoms. The third kappa shape index (κ3) is 4.56. The van der Waals surface area contributed by atoms with Crippen molar-refractivity contribution in [2.45, 2.75) is 19.9 Å². The van der Waals surface area contributed by atoms with E-state index in [2.05, 4.69) is 4.37 Å². The summed E-state index contributed by atoms with van der Waals surface area (Å²) in [4.78, 5) is 25.3. The Morgan fingerprint density at radius 1 is 1.26 bits per heavy atom. The minimum Gasteiger partial charge on any atom is -0.481 e. The second-order valence-corrected chi connectivity index (χ2v) is 5.95. The minimum absolute atomic E-state index is 0.0279. The van der Waals surface area contributed by atoms with Gasteiger partial charge in [0.1, 0.15) is 5.69 Å². The summed E-state index contributed by atoms with van der Waals surface area (Å²) in [5, 5.41) is 8.80. The summed E-state index contributed by atoms with van der Waals surface area (Å²) in [5.74, 6) is -3.49. The predicted octanol–water partition coefficient (Wildman–Crippen LogP) is 2.85. The van der Waals surface area contributed by atoms with E-state index in [0.717, 1.165) is 28.5 Å². The molecule has 0 aliphatic carbocycles. The van der Waals surface area contributed by atoms with Crippen molar-refractivity contribution in [3.05, 3.63) is 52.0 Å². The van der Waals surface area contributed by atoms with Gasteiger partial charge in [0.25, 0.3) is 5.91 Å². The van der Waals surface area contributed by atoms with Gasteiger partial charge in [-0.05, 0) is 42.2 Å². The average molecular weight is 340 g/mol. The second kappa shape index (κ2) is 7.28. The van der Waals surface area contributed by atoms with Gasteiger partial charge in [-0.25, -0.2) is 8.78 Å². The van der Waals surface area contributed by atoms with Crippen molar-refractivity contribution in [2.75, 3.05) is 6.54 Å². The first-order chi connectivity index (χ1) is 10.9. The molecule has 23 heavy (non-hydrogen) atoms. The third-order valence-electron chi connectivity index (χ3n) is 3.09. The summed E-state index contributed by atoms with van der Waals surface area (Å²) in [6.45, 7) is 1.72. The highest BCUT2D eigenvalue weighted by Crippen LogP contribution is 2.15. The van der Waals surface area contributed by atoms with Crippen LogP contribution in [0.15, 0.2) is 24.3 Å². The molecular weight excluding hydrogens is 326 g/mol. The molecular formula is C15H14F2N2O3S. The molecule has 1 heterocycles. The maximum Gasteiger partial charge on any atom is 0.305 e. The number of benzene rings is 1. The van der Waals surface area contributed by atoms with Crippen molar-refractivity contribution in [1.29, 1.82) is 0 Å². The number of nitrogens with zero attached hydrogens (tertiary/aromatic N) is 2.